The van der Waals surface area contributed by atoms with Crippen molar-refractivity contribution in [3.8, 4) is 0 Å². The molecule has 1 fully saturated rings. The monoisotopic (exact) mass is 311 g/mol. The first-order valence-electron chi connectivity index (χ1n) is 5.71. The molecule has 2 N–H and O–H groups in total. The van der Waals surface area contributed by atoms with Crippen molar-refractivity contribution < 1.29 is 14.7 Å². The zero-order valence-electron chi connectivity index (χ0n) is 10.00. The predicted octanol–water partition coefficient (Wildman–Crippen LogP) is 2.91. The minimum absolute atomic E-state index is 0.333. The van der Waals surface area contributed by atoms with E-state index in [0.29, 0.717) is 12.0 Å². The number of halogens is 1. The van der Waals surface area contributed by atoms with Crippen molar-refractivity contribution in [2.45, 2.75) is 31.7 Å². The van der Waals surface area contributed by atoms with Crippen LogP contribution in [-0.4, -0.2) is 23.0 Å². The number of amides is 1. The number of carbonyl (C=O) groups excluding carboxylic acids is 1. The maximum absolute atomic E-state index is 11.0. The summed E-state index contributed by atoms with van der Waals surface area (Å²) in [4.78, 5) is 21.7. The van der Waals surface area contributed by atoms with Gasteiger partial charge in [0.05, 0.1) is 0 Å². The summed E-state index contributed by atoms with van der Waals surface area (Å²) in [5.41, 5.74) is 2.19. The highest BCUT2D eigenvalue weighted by Gasteiger charge is 2.44. The predicted molar refractivity (Wildman–Crippen MR) is 71.1 cm³/mol. The quantitative estimate of drug-likeness (QED) is 0.840. The van der Waals surface area contributed by atoms with Crippen molar-refractivity contribution in [1.82, 2.24) is 5.32 Å². The highest BCUT2D eigenvalue weighted by atomic mass is 79.9. The molecule has 1 saturated carbocycles. The van der Waals surface area contributed by atoms with Gasteiger partial charge in [-0.05, 0) is 49.4 Å². The average molecular weight is 312 g/mol. The molecule has 1 aromatic carbocycles. The van der Waals surface area contributed by atoms with Crippen LogP contribution in [0.2, 0.25) is 0 Å². The Kier molecular flexibility index (Phi) is 3.43. The molecule has 1 amide bonds. The Morgan fingerprint density at radius 2 is 2.22 bits per heavy atom. The van der Waals surface area contributed by atoms with Crippen LogP contribution in [0.4, 0.5) is 4.79 Å². The highest BCUT2D eigenvalue weighted by molar-refractivity contribution is 9.10. The molecule has 18 heavy (non-hydrogen) atoms. The second-order valence-corrected chi connectivity index (χ2v) is 5.65. The van der Waals surface area contributed by atoms with Crippen molar-refractivity contribution in [1.29, 1.82) is 0 Å². The third kappa shape index (κ3) is 2.72. The summed E-state index contributed by atoms with van der Waals surface area (Å²) in [6.45, 7) is 1.87. The zero-order chi connectivity index (χ0) is 13.3. The molecule has 0 unspecified atom stereocenters. The van der Waals surface area contributed by atoms with Gasteiger partial charge in [0.15, 0.2) is 0 Å². The summed E-state index contributed by atoms with van der Waals surface area (Å²) in [7, 11) is 0. The van der Waals surface area contributed by atoms with Crippen LogP contribution in [0.3, 0.4) is 0 Å². The average Bonchev–Trinajstić information content (AvgIpc) is 3.01. The van der Waals surface area contributed by atoms with E-state index in [2.05, 4.69) is 21.2 Å². The van der Waals surface area contributed by atoms with Gasteiger partial charge in [-0.3, -0.25) is 4.79 Å². The summed E-state index contributed by atoms with van der Waals surface area (Å²) in [6, 6.07) is 3.78. The number of hydrogen-bond donors (Lipinski definition) is 2. The van der Waals surface area contributed by atoms with Crippen molar-refractivity contribution in [3.63, 3.8) is 0 Å². The summed E-state index contributed by atoms with van der Waals surface area (Å²) >= 11 is 3.42. The molecule has 1 aliphatic rings. The molecule has 0 bridgehead atoms. The van der Waals surface area contributed by atoms with Gasteiger partial charge in [-0.25, -0.2) is 4.79 Å². The van der Waals surface area contributed by atoms with Crippen LogP contribution in [0.1, 0.15) is 34.3 Å². The zero-order valence-corrected chi connectivity index (χ0v) is 11.6. The Morgan fingerprint density at radius 3 is 2.72 bits per heavy atom. The molecule has 0 spiro atoms. The molecule has 4 nitrogen and oxygen atoms in total. The molecule has 5 heteroatoms. The third-order valence-electron chi connectivity index (χ3n) is 3.34. The van der Waals surface area contributed by atoms with E-state index in [1.165, 1.54) is 0 Å². The highest BCUT2D eigenvalue weighted by Crippen LogP contribution is 2.39. The number of nitrogens with one attached hydrogen (secondary N) is 1. The third-order valence-corrected chi connectivity index (χ3v) is 4.16. The van der Waals surface area contributed by atoms with Gasteiger partial charge in [-0.1, -0.05) is 15.9 Å². The van der Waals surface area contributed by atoms with Crippen LogP contribution < -0.4 is 5.32 Å². The Morgan fingerprint density at radius 1 is 1.56 bits per heavy atom. The van der Waals surface area contributed by atoms with E-state index in [9.17, 15) is 9.59 Å². The molecule has 96 valence electrons. The standard InChI is InChI=1S/C13H14BrNO3/c1-8-10(7-16)4-9(5-11(8)14)6-13(2-3-13)15-12(17)18/h4-5,7,15H,2-3,6H2,1H3,(H,17,18). The van der Waals surface area contributed by atoms with E-state index in [4.69, 9.17) is 5.11 Å². The van der Waals surface area contributed by atoms with Gasteiger partial charge in [0.25, 0.3) is 0 Å². The van der Waals surface area contributed by atoms with Gasteiger partial charge >= 0.3 is 6.09 Å². The molecule has 0 saturated heterocycles. The number of benzene rings is 1. The van der Waals surface area contributed by atoms with E-state index < -0.39 is 6.09 Å². The molecular formula is C13H14BrNO3. The number of hydrogen-bond acceptors (Lipinski definition) is 2. The number of rotatable bonds is 4. The molecule has 0 atom stereocenters. The lowest BCUT2D eigenvalue weighted by atomic mass is 9.99. The second kappa shape index (κ2) is 4.72. The minimum Gasteiger partial charge on any atom is -0.465 e. The second-order valence-electron chi connectivity index (χ2n) is 4.80. The molecule has 1 aromatic rings. The van der Waals surface area contributed by atoms with Crippen LogP contribution in [0, 0.1) is 6.92 Å². The van der Waals surface area contributed by atoms with E-state index >= 15 is 0 Å². The topological polar surface area (TPSA) is 66.4 Å². The summed E-state index contributed by atoms with van der Waals surface area (Å²) in [5.74, 6) is 0. The van der Waals surface area contributed by atoms with Gasteiger partial charge in [0, 0.05) is 15.6 Å². The van der Waals surface area contributed by atoms with E-state index in [1.54, 1.807) is 0 Å². The molecular weight excluding hydrogens is 298 g/mol. The van der Waals surface area contributed by atoms with Crippen LogP contribution in [0.25, 0.3) is 0 Å². The maximum atomic E-state index is 11.0. The first kappa shape index (κ1) is 13.1. The lowest BCUT2D eigenvalue weighted by Gasteiger charge is -2.16. The fourth-order valence-corrected chi connectivity index (χ4v) is 2.62. The Balaban J connectivity index is 2.22. The van der Waals surface area contributed by atoms with Crippen molar-refractivity contribution in [2.24, 2.45) is 0 Å². The van der Waals surface area contributed by atoms with Crippen molar-refractivity contribution in [3.05, 3.63) is 33.3 Å². The molecule has 0 radical (unpaired) electrons. The maximum Gasteiger partial charge on any atom is 0.405 e. The largest absolute Gasteiger partial charge is 0.465 e. The molecule has 0 aliphatic heterocycles. The van der Waals surface area contributed by atoms with Gasteiger partial charge in [0.1, 0.15) is 6.29 Å². The molecule has 1 aliphatic carbocycles. The molecule has 0 aromatic heterocycles. The Hall–Kier alpha value is -1.36. The fraction of sp³-hybridized carbons (Fsp3) is 0.385. The van der Waals surface area contributed by atoms with Crippen LogP contribution >= 0.6 is 15.9 Å². The fourth-order valence-electron chi connectivity index (χ4n) is 2.10. The van der Waals surface area contributed by atoms with E-state index in [1.807, 2.05) is 19.1 Å². The summed E-state index contributed by atoms with van der Waals surface area (Å²) in [5, 5.41) is 11.4. The number of carboxylic acid groups (broad SMARTS) is 1. The minimum atomic E-state index is -0.991. The number of aldehydes is 1. The van der Waals surface area contributed by atoms with Gasteiger partial charge in [-0.2, -0.15) is 0 Å². The lowest BCUT2D eigenvalue weighted by Crippen LogP contribution is -2.37. The first-order chi connectivity index (χ1) is 8.46. The van der Waals surface area contributed by atoms with Crippen LogP contribution in [0.5, 0.6) is 0 Å². The normalized spacial score (nSPS) is 16.1. The molecule has 2 rings (SSSR count). The van der Waals surface area contributed by atoms with Crippen molar-refractivity contribution >= 4 is 28.3 Å². The summed E-state index contributed by atoms with van der Waals surface area (Å²) < 4.78 is 0.883. The van der Waals surface area contributed by atoms with Gasteiger partial charge in [0.2, 0.25) is 0 Å². The summed E-state index contributed by atoms with van der Waals surface area (Å²) in [6.07, 6.45) is 2.16. The van der Waals surface area contributed by atoms with Crippen LogP contribution in [-0.2, 0) is 6.42 Å². The lowest BCUT2D eigenvalue weighted by molar-refractivity contribution is 0.112. The SMILES string of the molecule is Cc1c(Br)cc(CC2(NC(=O)O)CC2)cc1C=O. The smallest absolute Gasteiger partial charge is 0.405 e. The Bertz CT molecular complexity index is 509. The van der Waals surface area contributed by atoms with Gasteiger partial charge in [-0.15, -0.1) is 0 Å². The van der Waals surface area contributed by atoms with Crippen LogP contribution in [0.15, 0.2) is 16.6 Å². The number of carbonyl (C=O) groups is 2. The Labute approximate surface area is 114 Å². The first-order valence-corrected chi connectivity index (χ1v) is 6.50. The van der Waals surface area contributed by atoms with E-state index in [-0.39, 0.29) is 5.54 Å². The van der Waals surface area contributed by atoms with E-state index in [0.717, 1.165) is 34.7 Å². The van der Waals surface area contributed by atoms with Crippen molar-refractivity contribution in [2.75, 3.05) is 0 Å². The van der Waals surface area contributed by atoms with Gasteiger partial charge < -0.3 is 10.4 Å². The molecule has 0 heterocycles.